The minimum Gasteiger partial charge on any atom is -0.361 e. The highest BCUT2D eigenvalue weighted by atomic mass is 16.6. The maximum atomic E-state index is 11.0. The normalized spacial score (nSPS) is 11.6. The molecule has 0 aliphatic heterocycles. The highest BCUT2D eigenvalue weighted by molar-refractivity contribution is 5.82. The lowest BCUT2D eigenvalue weighted by Gasteiger charge is -2.15. The molecule has 1 N–H and O–H groups in total. The van der Waals surface area contributed by atoms with Gasteiger partial charge in [0, 0.05) is 30.9 Å². The summed E-state index contributed by atoms with van der Waals surface area (Å²) < 4.78 is 0. The van der Waals surface area contributed by atoms with E-state index in [0.717, 1.165) is 12.1 Å². The minimum atomic E-state index is -0.352. The molecule has 5 nitrogen and oxygen atoms in total. The number of nitrogens with one attached hydrogen (secondary N) is 1. The van der Waals surface area contributed by atoms with Crippen LogP contribution in [0.15, 0.2) is 60.8 Å². The molecule has 0 fully saturated rings. The zero-order valence-corrected chi connectivity index (χ0v) is 13.5. The Morgan fingerprint density at radius 3 is 2.83 bits per heavy atom. The second-order valence-electron chi connectivity index (χ2n) is 5.77. The molecule has 0 amide bonds. The molecular formula is C19H19N3O2. The second-order valence-corrected chi connectivity index (χ2v) is 5.77. The van der Waals surface area contributed by atoms with Gasteiger partial charge >= 0.3 is 0 Å². The van der Waals surface area contributed by atoms with Crippen molar-refractivity contribution in [1.82, 2.24) is 9.88 Å². The van der Waals surface area contributed by atoms with Gasteiger partial charge < -0.3 is 4.98 Å². The van der Waals surface area contributed by atoms with Crippen LogP contribution in [0.1, 0.15) is 11.1 Å². The lowest BCUT2D eigenvalue weighted by molar-refractivity contribution is -0.385. The molecule has 2 aromatic carbocycles. The first-order valence-corrected chi connectivity index (χ1v) is 7.78. The third kappa shape index (κ3) is 3.52. The Hall–Kier alpha value is -2.92. The molecule has 3 rings (SSSR count). The Morgan fingerprint density at radius 2 is 2.00 bits per heavy atom. The van der Waals surface area contributed by atoms with Crippen molar-refractivity contribution in [2.75, 3.05) is 13.6 Å². The van der Waals surface area contributed by atoms with Gasteiger partial charge in [0.1, 0.15) is 0 Å². The van der Waals surface area contributed by atoms with Crippen molar-refractivity contribution in [3.63, 3.8) is 0 Å². The molecule has 0 radical (unpaired) electrons. The van der Waals surface area contributed by atoms with E-state index in [2.05, 4.69) is 34.1 Å². The molecule has 0 bridgehead atoms. The highest BCUT2D eigenvalue weighted by Gasteiger charge is 2.09. The standard InChI is InChI=1S/C19H19N3O2/c1-21(14-17-8-4-7-16-11-12-20-19(16)17)13-5-9-15-6-2-3-10-18(15)22(23)24/h2-12,20H,13-14H2,1H3/b9-5+. The number of aromatic nitrogens is 1. The van der Waals surface area contributed by atoms with Gasteiger partial charge in [-0.25, -0.2) is 0 Å². The number of fused-ring (bicyclic) bond motifs is 1. The number of likely N-dealkylation sites (N-methyl/N-ethyl adjacent to an activating group) is 1. The van der Waals surface area contributed by atoms with Crippen molar-refractivity contribution in [1.29, 1.82) is 0 Å². The number of aromatic amines is 1. The predicted molar refractivity (Wildman–Crippen MR) is 96.8 cm³/mol. The van der Waals surface area contributed by atoms with Gasteiger partial charge in [-0.2, -0.15) is 0 Å². The monoisotopic (exact) mass is 321 g/mol. The fraction of sp³-hybridized carbons (Fsp3) is 0.158. The zero-order chi connectivity index (χ0) is 16.9. The van der Waals surface area contributed by atoms with Gasteiger partial charge in [0.15, 0.2) is 0 Å². The molecule has 0 aliphatic rings. The smallest absolute Gasteiger partial charge is 0.276 e. The molecule has 1 heterocycles. The van der Waals surface area contributed by atoms with Gasteiger partial charge in [-0.15, -0.1) is 0 Å². The van der Waals surface area contributed by atoms with E-state index in [4.69, 9.17) is 0 Å². The van der Waals surface area contributed by atoms with Crippen molar-refractivity contribution >= 4 is 22.7 Å². The van der Waals surface area contributed by atoms with Crippen molar-refractivity contribution < 1.29 is 4.92 Å². The van der Waals surface area contributed by atoms with E-state index >= 15 is 0 Å². The lowest BCUT2D eigenvalue weighted by atomic mass is 10.1. The van der Waals surface area contributed by atoms with Crippen molar-refractivity contribution in [2.24, 2.45) is 0 Å². The van der Waals surface area contributed by atoms with Gasteiger partial charge in [0.05, 0.1) is 10.5 Å². The molecule has 3 aromatic rings. The number of benzene rings is 2. The van der Waals surface area contributed by atoms with Gasteiger partial charge in [-0.3, -0.25) is 15.0 Å². The summed E-state index contributed by atoms with van der Waals surface area (Å²) in [7, 11) is 2.03. The summed E-state index contributed by atoms with van der Waals surface area (Å²) in [6, 6.07) is 15.1. The van der Waals surface area contributed by atoms with E-state index in [1.165, 1.54) is 17.0 Å². The van der Waals surface area contributed by atoms with Crippen LogP contribution < -0.4 is 0 Å². The van der Waals surface area contributed by atoms with E-state index in [-0.39, 0.29) is 10.6 Å². The summed E-state index contributed by atoms with van der Waals surface area (Å²) in [5.41, 5.74) is 3.15. The number of H-pyrrole nitrogens is 1. The summed E-state index contributed by atoms with van der Waals surface area (Å²) in [6.45, 7) is 1.52. The Labute approximate surface area is 140 Å². The second kappa shape index (κ2) is 7.10. The van der Waals surface area contributed by atoms with E-state index in [1.54, 1.807) is 12.1 Å². The van der Waals surface area contributed by atoms with Crippen LogP contribution in [0.5, 0.6) is 0 Å². The van der Waals surface area contributed by atoms with Gasteiger partial charge in [-0.05, 0) is 30.1 Å². The molecule has 0 saturated carbocycles. The summed E-state index contributed by atoms with van der Waals surface area (Å²) in [5.74, 6) is 0. The van der Waals surface area contributed by atoms with E-state index in [1.807, 2.05) is 31.5 Å². The quantitative estimate of drug-likeness (QED) is 0.546. The SMILES string of the molecule is CN(C/C=C/c1ccccc1[N+](=O)[O-])Cc1cccc2cc[nH]c12. The molecular weight excluding hydrogens is 302 g/mol. The molecule has 0 aliphatic carbocycles. The molecule has 0 unspecified atom stereocenters. The van der Waals surface area contributed by atoms with Crippen LogP contribution in [-0.2, 0) is 6.54 Å². The van der Waals surface area contributed by atoms with Crippen LogP contribution in [0.2, 0.25) is 0 Å². The topological polar surface area (TPSA) is 62.2 Å². The van der Waals surface area contributed by atoms with Gasteiger partial charge in [-0.1, -0.05) is 42.5 Å². The van der Waals surface area contributed by atoms with Crippen molar-refractivity contribution in [3.8, 4) is 0 Å². The fourth-order valence-corrected chi connectivity index (χ4v) is 2.79. The number of nitro benzene ring substituents is 1. The van der Waals surface area contributed by atoms with Crippen LogP contribution in [0.4, 0.5) is 5.69 Å². The molecule has 1 aromatic heterocycles. The summed E-state index contributed by atoms with van der Waals surface area (Å²) in [5, 5.41) is 12.2. The van der Waals surface area contributed by atoms with Crippen LogP contribution in [0.25, 0.3) is 17.0 Å². The first kappa shape index (κ1) is 16.0. The number of nitrogens with zero attached hydrogens (tertiary/aromatic N) is 2. The fourth-order valence-electron chi connectivity index (χ4n) is 2.79. The Bertz CT molecular complexity index is 883. The number of rotatable bonds is 6. The van der Waals surface area contributed by atoms with Gasteiger partial charge in [0.25, 0.3) is 5.69 Å². The van der Waals surface area contributed by atoms with Crippen LogP contribution >= 0.6 is 0 Å². The molecule has 122 valence electrons. The molecule has 0 atom stereocenters. The number of nitro groups is 1. The Kier molecular flexibility index (Phi) is 4.72. The average molecular weight is 321 g/mol. The third-order valence-corrected chi connectivity index (χ3v) is 3.96. The van der Waals surface area contributed by atoms with Crippen LogP contribution in [0, 0.1) is 10.1 Å². The number of hydrogen-bond donors (Lipinski definition) is 1. The molecule has 5 heteroatoms. The lowest BCUT2D eigenvalue weighted by Crippen LogP contribution is -2.17. The Morgan fingerprint density at radius 1 is 1.17 bits per heavy atom. The first-order valence-electron chi connectivity index (χ1n) is 7.78. The van der Waals surface area contributed by atoms with E-state index < -0.39 is 0 Å². The number of para-hydroxylation sites is 2. The first-order chi connectivity index (χ1) is 11.6. The highest BCUT2D eigenvalue weighted by Crippen LogP contribution is 2.20. The Balaban J connectivity index is 1.67. The maximum absolute atomic E-state index is 11.0. The maximum Gasteiger partial charge on any atom is 0.276 e. The third-order valence-electron chi connectivity index (χ3n) is 3.96. The minimum absolute atomic E-state index is 0.132. The predicted octanol–water partition coefficient (Wildman–Crippen LogP) is 4.22. The summed E-state index contributed by atoms with van der Waals surface area (Å²) >= 11 is 0. The van der Waals surface area contributed by atoms with Crippen LogP contribution in [-0.4, -0.2) is 28.4 Å². The summed E-state index contributed by atoms with van der Waals surface area (Å²) in [4.78, 5) is 16.1. The molecule has 24 heavy (non-hydrogen) atoms. The molecule has 0 spiro atoms. The average Bonchev–Trinajstić information content (AvgIpc) is 3.05. The largest absolute Gasteiger partial charge is 0.361 e. The van der Waals surface area contributed by atoms with Crippen molar-refractivity contribution in [3.05, 3.63) is 82.0 Å². The van der Waals surface area contributed by atoms with Gasteiger partial charge in [0.2, 0.25) is 0 Å². The zero-order valence-electron chi connectivity index (χ0n) is 13.5. The van der Waals surface area contributed by atoms with E-state index in [9.17, 15) is 10.1 Å². The number of hydrogen-bond acceptors (Lipinski definition) is 3. The van der Waals surface area contributed by atoms with Crippen LogP contribution in [0.3, 0.4) is 0 Å². The molecule has 0 saturated heterocycles. The van der Waals surface area contributed by atoms with E-state index in [0.29, 0.717) is 12.1 Å². The summed E-state index contributed by atoms with van der Waals surface area (Å²) in [6.07, 6.45) is 5.71. The van der Waals surface area contributed by atoms with Crippen molar-refractivity contribution in [2.45, 2.75) is 6.54 Å².